The van der Waals surface area contributed by atoms with Gasteiger partial charge in [-0.2, -0.15) is 0 Å². The van der Waals surface area contributed by atoms with Gasteiger partial charge in [0.25, 0.3) is 5.97 Å². The molecule has 150 valence electrons. The molecule has 0 heterocycles. The molecule has 1 aromatic carbocycles. The van der Waals surface area contributed by atoms with Crippen molar-refractivity contribution in [2.45, 2.75) is 77.1 Å². The van der Waals surface area contributed by atoms with Crippen LogP contribution < -0.4 is 0 Å². The summed E-state index contributed by atoms with van der Waals surface area (Å²) in [5, 5.41) is 28.4. The molecule has 1 rings (SSSR count). The van der Waals surface area contributed by atoms with Gasteiger partial charge in [0.05, 0.1) is 0 Å². The van der Waals surface area contributed by atoms with Crippen molar-refractivity contribution in [3.8, 4) is 0 Å². The molecule has 1 atom stereocenters. The smallest absolute Gasteiger partial charge is 0.278 e. The van der Waals surface area contributed by atoms with Crippen LogP contribution in [-0.4, -0.2) is 21.3 Å². The first kappa shape index (κ1) is 22.9. The minimum Gasteiger partial charge on any atom is -0.343 e. The highest BCUT2D eigenvalue weighted by molar-refractivity contribution is 5.21. The SMILES string of the molecule is CCCCCCCCC(CCCc1cc(F)c(F)c(F)c1F)C(O)(O)O. The summed E-state index contributed by atoms with van der Waals surface area (Å²) in [6.07, 6.45) is 6.53. The molecule has 3 N–H and O–H groups in total. The minimum absolute atomic E-state index is 0.108. The summed E-state index contributed by atoms with van der Waals surface area (Å²) in [6.45, 7) is 2.11. The Morgan fingerprint density at radius 2 is 1.38 bits per heavy atom. The van der Waals surface area contributed by atoms with Crippen molar-refractivity contribution in [3.05, 3.63) is 34.9 Å². The van der Waals surface area contributed by atoms with E-state index in [-0.39, 0.29) is 24.8 Å². The quantitative estimate of drug-likeness (QED) is 0.164. The molecule has 7 heteroatoms. The lowest BCUT2D eigenvalue weighted by atomic mass is 9.91. The molecule has 0 saturated heterocycles. The van der Waals surface area contributed by atoms with Gasteiger partial charge in [0, 0.05) is 5.92 Å². The van der Waals surface area contributed by atoms with E-state index in [2.05, 4.69) is 6.92 Å². The van der Waals surface area contributed by atoms with Crippen molar-refractivity contribution in [2.24, 2.45) is 5.92 Å². The van der Waals surface area contributed by atoms with E-state index in [0.29, 0.717) is 18.9 Å². The van der Waals surface area contributed by atoms with Gasteiger partial charge in [-0.25, -0.2) is 17.6 Å². The predicted molar refractivity (Wildman–Crippen MR) is 90.1 cm³/mol. The lowest BCUT2D eigenvalue weighted by Crippen LogP contribution is -2.37. The highest BCUT2D eigenvalue weighted by Crippen LogP contribution is 2.27. The number of rotatable bonds is 12. The van der Waals surface area contributed by atoms with Crippen LogP contribution in [0.4, 0.5) is 17.6 Å². The maximum Gasteiger partial charge on any atom is 0.278 e. The van der Waals surface area contributed by atoms with E-state index >= 15 is 0 Å². The molecule has 0 radical (unpaired) electrons. The van der Waals surface area contributed by atoms with Gasteiger partial charge in [0.2, 0.25) is 0 Å². The Morgan fingerprint density at radius 1 is 0.808 bits per heavy atom. The number of aliphatic hydroxyl groups is 3. The van der Waals surface area contributed by atoms with Crippen molar-refractivity contribution in [1.29, 1.82) is 0 Å². The molecule has 0 saturated carbocycles. The van der Waals surface area contributed by atoms with Gasteiger partial charge in [0.1, 0.15) is 0 Å². The maximum absolute atomic E-state index is 13.6. The van der Waals surface area contributed by atoms with Crippen LogP contribution in [0.2, 0.25) is 0 Å². The largest absolute Gasteiger partial charge is 0.343 e. The van der Waals surface area contributed by atoms with Gasteiger partial charge in [0.15, 0.2) is 23.3 Å². The second-order valence-electron chi connectivity index (χ2n) is 6.79. The molecule has 3 nitrogen and oxygen atoms in total. The zero-order chi connectivity index (χ0) is 19.7. The highest BCUT2D eigenvalue weighted by atomic mass is 19.2. The Bertz CT molecular complexity index is 559. The van der Waals surface area contributed by atoms with Gasteiger partial charge in [-0.1, -0.05) is 45.4 Å². The van der Waals surface area contributed by atoms with Crippen molar-refractivity contribution in [3.63, 3.8) is 0 Å². The molecular formula is C19H28F4O3. The molecule has 0 fully saturated rings. The highest BCUT2D eigenvalue weighted by Gasteiger charge is 2.31. The number of benzene rings is 1. The third kappa shape index (κ3) is 7.21. The second-order valence-corrected chi connectivity index (χ2v) is 6.79. The summed E-state index contributed by atoms with van der Waals surface area (Å²) < 4.78 is 53.0. The molecule has 0 amide bonds. The van der Waals surface area contributed by atoms with E-state index in [1.54, 1.807) is 0 Å². The molecule has 1 unspecified atom stereocenters. The fourth-order valence-electron chi connectivity index (χ4n) is 3.05. The Labute approximate surface area is 151 Å². The van der Waals surface area contributed by atoms with Gasteiger partial charge < -0.3 is 15.3 Å². The first-order chi connectivity index (χ1) is 12.2. The minimum atomic E-state index is -2.86. The zero-order valence-electron chi connectivity index (χ0n) is 15.1. The number of hydrogen-bond donors (Lipinski definition) is 3. The van der Waals surface area contributed by atoms with E-state index < -0.39 is 35.2 Å². The molecule has 26 heavy (non-hydrogen) atoms. The van der Waals surface area contributed by atoms with Crippen LogP contribution in [0.3, 0.4) is 0 Å². The van der Waals surface area contributed by atoms with E-state index in [1.807, 2.05) is 0 Å². The number of unbranched alkanes of at least 4 members (excludes halogenated alkanes) is 5. The summed E-state index contributed by atoms with van der Waals surface area (Å²) in [7, 11) is 0. The van der Waals surface area contributed by atoms with Crippen LogP contribution in [0.15, 0.2) is 6.07 Å². The van der Waals surface area contributed by atoms with Crippen LogP contribution in [0.25, 0.3) is 0 Å². The molecule has 1 aromatic rings. The van der Waals surface area contributed by atoms with E-state index in [1.165, 1.54) is 0 Å². The molecule has 0 aliphatic carbocycles. The number of hydrogen-bond acceptors (Lipinski definition) is 3. The Hall–Kier alpha value is -1.18. The molecule has 0 aliphatic heterocycles. The van der Waals surface area contributed by atoms with E-state index in [9.17, 15) is 32.9 Å². The molecule has 0 spiro atoms. The first-order valence-electron chi connectivity index (χ1n) is 9.17. The maximum atomic E-state index is 13.6. The average molecular weight is 380 g/mol. The van der Waals surface area contributed by atoms with E-state index in [0.717, 1.165) is 32.1 Å². The lowest BCUT2D eigenvalue weighted by molar-refractivity contribution is -0.344. The van der Waals surface area contributed by atoms with Gasteiger partial charge in [-0.15, -0.1) is 0 Å². The zero-order valence-corrected chi connectivity index (χ0v) is 15.1. The third-order valence-corrected chi connectivity index (χ3v) is 4.63. The van der Waals surface area contributed by atoms with Crippen LogP contribution in [-0.2, 0) is 6.42 Å². The summed E-state index contributed by atoms with van der Waals surface area (Å²) in [5.41, 5.74) is -0.320. The second kappa shape index (κ2) is 10.8. The first-order valence-corrected chi connectivity index (χ1v) is 9.17. The molecule has 0 bridgehead atoms. The summed E-state index contributed by atoms with van der Waals surface area (Å²) >= 11 is 0. The Kier molecular flexibility index (Phi) is 9.54. The van der Waals surface area contributed by atoms with Crippen molar-refractivity contribution in [1.82, 2.24) is 0 Å². The molecular weight excluding hydrogens is 352 g/mol. The normalized spacial score (nSPS) is 13.2. The van der Waals surface area contributed by atoms with Crippen LogP contribution in [0, 0.1) is 29.2 Å². The fraction of sp³-hybridized carbons (Fsp3) is 0.684. The van der Waals surface area contributed by atoms with Crippen LogP contribution in [0.1, 0.15) is 70.3 Å². The van der Waals surface area contributed by atoms with Crippen molar-refractivity contribution >= 4 is 0 Å². The molecule has 0 aromatic heterocycles. The Balaban J connectivity index is 2.52. The van der Waals surface area contributed by atoms with Gasteiger partial charge >= 0.3 is 0 Å². The third-order valence-electron chi connectivity index (χ3n) is 4.63. The topological polar surface area (TPSA) is 60.7 Å². The number of aryl methyl sites for hydroxylation is 1. The summed E-state index contributed by atoms with van der Waals surface area (Å²) in [6, 6.07) is 0.598. The van der Waals surface area contributed by atoms with Crippen LogP contribution in [0.5, 0.6) is 0 Å². The summed E-state index contributed by atoms with van der Waals surface area (Å²) in [5.74, 6) is -10.3. The van der Waals surface area contributed by atoms with Crippen molar-refractivity contribution < 1.29 is 32.9 Å². The van der Waals surface area contributed by atoms with Crippen molar-refractivity contribution in [2.75, 3.05) is 0 Å². The van der Waals surface area contributed by atoms with Gasteiger partial charge in [-0.3, -0.25) is 0 Å². The summed E-state index contributed by atoms with van der Waals surface area (Å²) in [4.78, 5) is 0. The van der Waals surface area contributed by atoms with Crippen LogP contribution >= 0.6 is 0 Å². The lowest BCUT2D eigenvalue weighted by Gasteiger charge is -2.26. The van der Waals surface area contributed by atoms with Gasteiger partial charge in [-0.05, 0) is 37.3 Å². The average Bonchev–Trinajstić information content (AvgIpc) is 2.57. The predicted octanol–water partition coefficient (Wildman–Crippen LogP) is 4.56. The monoisotopic (exact) mass is 380 g/mol. The fourth-order valence-corrected chi connectivity index (χ4v) is 3.05. The van der Waals surface area contributed by atoms with E-state index in [4.69, 9.17) is 0 Å². The number of halogens is 4. The molecule has 0 aliphatic rings. The standard InChI is InChI=1S/C19H28F4O3/c1-2-3-4-5-6-7-10-14(19(24,25)26)11-8-9-13-12-15(20)17(22)18(23)16(13)21/h12,14,24-26H,2-11H2,1H3. The Morgan fingerprint density at radius 3 is 2.00 bits per heavy atom.